The van der Waals surface area contributed by atoms with E-state index in [1.807, 2.05) is 25.2 Å². The first-order chi connectivity index (χ1) is 13.9. The first-order valence-corrected chi connectivity index (χ1v) is 10.2. The van der Waals surface area contributed by atoms with Crippen molar-refractivity contribution in [2.75, 3.05) is 10.7 Å². The van der Waals surface area contributed by atoms with Crippen LogP contribution in [0, 0.1) is 13.8 Å². The second-order valence-corrected chi connectivity index (χ2v) is 8.24. The number of rotatable bonds is 3. The molecule has 0 radical (unpaired) electrons. The normalized spacial score (nSPS) is 19.0. The van der Waals surface area contributed by atoms with Gasteiger partial charge in [0.15, 0.2) is 0 Å². The third-order valence-corrected chi connectivity index (χ3v) is 5.92. The summed E-state index contributed by atoms with van der Waals surface area (Å²) in [7, 11) is 0. The number of urea groups is 1. The third kappa shape index (κ3) is 4.04. The predicted octanol–water partition coefficient (Wildman–Crippen LogP) is 0.520. The summed E-state index contributed by atoms with van der Waals surface area (Å²) in [5.74, 6) is -0.116. The lowest BCUT2D eigenvalue weighted by molar-refractivity contribution is -0.120. The number of nitrogens with zero attached hydrogens (tertiary/aromatic N) is 6. The molecule has 4 rings (SSSR count). The minimum atomic E-state index is -1.15. The van der Waals surface area contributed by atoms with Crippen LogP contribution >= 0.6 is 11.8 Å². The molecule has 0 spiro atoms. The Morgan fingerprint density at radius 3 is 2.69 bits per heavy atom. The van der Waals surface area contributed by atoms with Crippen molar-refractivity contribution in [3.05, 3.63) is 17.5 Å². The van der Waals surface area contributed by atoms with Crippen molar-refractivity contribution in [1.82, 2.24) is 30.0 Å². The van der Waals surface area contributed by atoms with E-state index in [1.54, 1.807) is 21.1 Å². The second kappa shape index (κ2) is 7.73. The van der Waals surface area contributed by atoms with Crippen LogP contribution in [0.5, 0.6) is 0 Å². The summed E-state index contributed by atoms with van der Waals surface area (Å²) >= 11 is 1.64. The molecule has 2 aromatic heterocycles. The van der Waals surface area contributed by atoms with E-state index in [4.69, 9.17) is 5.73 Å². The fourth-order valence-corrected chi connectivity index (χ4v) is 4.55. The second-order valence-electron chi connectivity index (χ2n) is 6.97. The van der Waals surface area contributed by atoms with Crippen LogP contribution in [0.15, 0.2) is 16.2 Å². The predicted molar refractivity (Wildman–Crippen MR) is 107 cm³/mol. The molecule has 12 nitrogen and oxygen atoms in total. The van der Waals surface area contributed by atoms with Gasteiger partial charge in [-0.15, -0.1) is 10.2 Å². The van der Waals surface area contributed by atoms with Crippen molar-refractivity contribution in [2.45, 2.75) is 56.1 Å². The summed E-state index contributed by atoms with van der Waals surface area (Å²) in [5, 5.41) is 18.9. The highest BCUT2D eigenvalue weighted by Gasteiger charge is 2.29. The van der Waals surface area contributed by atoms with Gasteiger partial charge >= 0.3 is 6.03 Å². The Bertz CT molecular complexity index is 975. The van der Waals surface area contributed by atoms with Gasteiger partial charge in [-0.2, -0.15) is 9.77 Å². The van der Waals surface area contributed by atoms with Crippen molar-refractivity contribution >= 4 is 35.6 Å². The van der Waals surface area contributed by atoms with Gasteiger partial charge in [0.25, 0.3) is 5.91 Å². The number of primary amides is 1. The van der Waals surface area contributed by atoms with Crippen molar-refractivity contribution < 1.29 is 9.59 Å². The zero-order chi connectivity index (χ0) is 20.5. The Labute approximate surface area is 170 Å². The average molecular weight is 418 g/mol. The van der Waals surface area contributed by atoms with Crippen LogP contribution in [0.25, 0.3) is 0 Å². The molecule has 1 atom stereocenters. The van der Waals surface area contributed by atoms with Crippen LogP contribution < -0.4 is 21.8 Å². The molecule has 3 amide bonds. The van der Waals surface area contributed by atoms with Crippen molar-refractivity contribution in [1.29, 1.82) is 0 Å². The molecule has 29 heavy (non-hydrogen) atoms. The lowest BCUT2D eigenvalue weighted by atomic mass is 10.4. The fourth-order valence-electron chi connectivity index (χ4n) is 3.36. The Hall–Kier alpha value is -3.09. The van der Waals surface area contributed by atoms with Gasteiger partial charge in [-0.05, 0) is 32.8 Å². The number of nitrogens with two attached hydrogens (primary N) is 1. The van der Waals surface area contributed by atoms with E-state index in [9.17, 15) is 9.59 Å². The molecule has 154 valence electrons. The SMILES string of the molecule is Cc1cc(C)n(C2=NC(C(=O)NC(N)=O)Nc3nnc(SC4CCCC4)n3N2)n1. The number of nitrogens with one attached hydrogen (secondary N) is 3. The third-order valence-electron chi connectivity index (χ3n) is 4.64. The lowest BCUT2D eigenvalue weighted by Gasteiger charge is -2.14. The first kappa shape index (κ1) is 19.2. The number of fused-ring (bicyclic) bond motifs is 1. The molecule has 0 saturated heterocycles. The molecule has 2 aromatic rings. The topological polar surface area (TPSA) is 157 Å². The molecule has 1 aliphatic heterocycles. The molecule has 2 aliphatic rings. The Morgan fingerprint density at radius 1 is 1.28 bits per heavy atom. The number of imide groups is 1. The number of thioether (sulfide) groups is 1. The smallest absolute Gasteiger partial charge is 0.318 e. The number of aryl methyl sites for hydroxylation is 2. The van der Waals surface area contributed by atoms with Crippen LogP contribution in [0.4, 0.5) is 10.7 Å². The van der Waals surface area contributed by atoms with Gasteiger partial charge in [-0.3, -0.25) is 15.5 Å². The lowest BCUT2D eigenvalue weighted by Crippen LogP contribution is -2.44. The van der Waals surface area contributed by atoms with Crippen molar-refractivity contribution in [3.8, 4) is 0 Å². The number of anilines is 1. The fraction of sp³-hybridized carbons (Fsp3) is 0.500. The van der Waals surface area contributed by atoms with E-state index in [-0.39, 0.29) is 0 Å². The molecular weight excluding hydrogens is 396 g/mol. The summed E-state index contributed by atoms with van der Waals surface area (Å²) < 4.78 is 3.23. The van der Waals surface area contributed by atoms with E-state index in [1.165, 1.54) is 12.8 Å². The zero-order valence-electron chi connectivity index (χ0n) is 16.0. The number of hydrogen-bond donors (Lipinski definition) is 4. The standard InChI is InChI=1S/C16H22N10O2S/c1-8-7-9(2)25(23-8)15-19-11(12(27)20-13(17)28)18-14-21-22-16(26(14)24-15)29-10-5-3-4-6-10/h7,10-11H,3-6H2,1-2H3,(H,18,21)(H,19,24)(H3,17,20,27,28). The maximum atomic E-state index is 12.4. The maximum Gasteiger partial charge on any atom is 0.318 e. The molecule has 1 saturated carbocycles. The van der Waals surface area contributed by atoms with Gasteiger partial charge in [0.1, 0.15) is 0 Å². The van der Waals surface area contributed by atoms with Gasteiger partial charge in [0.05, 0.1) is 5.69 Å². The monoisotopic (exact) mass is 418 g/mol. The molecule has 0 aromatic carbocycles. The van der Waals surface area contributed by atoms with E-state index >= 15 is 0 Å². The number of aliphatic imine (C=N–C) groups is 1. The minimum absolute atomic E-state index is 0.291. The molecule has 1 aliphatic carbocycles. The Balaban J connectivity index is 1.71. The molecule has 0 bridgehead atoms. The van der Waals surface area contributed by atoms with Crippen molar-refractivity contribution in [2.24, 2.45) is 10.7 Å². The summed E-state index contributed by atoms with van der Waals surface area (Å²) in [6.07, 6.45) is 3.52. The summed E-state index contributed by atoms with van der Waals surface area (Å²) in [4.78, 5) is 28.0. The Morgan fingerprint density at radius 2 is 2.03 bits per heavy atom. The maximum absolute atomic E-state index is 12.4. The number of carbonyl (C=O) groups is 2. The number of hydrogen-bond acceptors (Lipinski definition) is 9. The molecular formula is C16H22N10O2S. The van der Waals surface area contributed by atoms with Gasteiger partial charge in [0, 0.05) is 10.9 Å². The molecule has 3 heterocycles. The van der Waals surface area contributed by atoms with E-state index in [2.05, 4.69) is 31.0 Å². The highest BCUT2D eigenvalue weighted by Crippen LogP contribution is 2.34. The molecule has 1 unspecified atom stereocenters. The van der Waals surface area contributed by atoms with Gasteiger partial charge in [-0.25, -0.2) is 14.5 Å². The molecule has 5 N–H and O–H groups in total. The minimum Gasteiger partial charge on any atom is -0.351 e. The number of amides is 3. The summed E-state index contributed by atoms with van der Waals surface area (Å²) in [6.45, 7) is 3.74. The largest absolute Gasteiger partial charge is 0.351 e. The van der Waals surface area contributed by atoms with E-state index in [0.29, 0.717) is 22.3 Å². The van der Waals surface area contributed by atoms with E-state index in [0.717, 1.165) is 24.2 Å². The van der Waals surface area contributed by atoms with Crippen LogP contribution in [-0.2, 0) is 4.79 Å². The van der Waals surface area contributed by atoms with Crippen molar-refractivity contribution in [3.63, 3.8) is 0 Å². The van der Waals surface area contributed by atoms with Crippen LogP contribution in [0.2, 0.25) is 0 Å². The quantitative estimate of drug-likeness (QED) is 0.562. The van der Waals surface area contributed by atoms with Crippen LogP contribution in [0.1, 0.15) is 37.1 Å². The molecule has 1 fully saturated rings. The van der Waals surface area contributed by atoms with Crippen LogP contribution in [-0.4, -0.2) is 54.0 Å². The summed E-state index contributed by atoms with van der Waals surface area (Å²) in [5.41, 5.74) is 9.86. The average Bonchev–Trinajstić information content (AvgIpc) is 3.33. The van der Waals surface area contributed by atoms with Gasteiger partial charge < -0.3 is 11.1 Å². The highest BCUT2D eigenvalue weighted by molar-refractivity contribution is 7.99. The highest BCUT2D eigenvalue weighted by atomic mass is 32.2. The van der Waals surface area contributed by atoms with E-state index < -0.39 is 18.1 Å². The molecule has 13 heteroatoms. The van der Waals surface area contributed by atoms with Gasteiger partial charge in [0.2, 0.25) is 23.2 Å². The number of aromatic nitrogens is 5. The summed E-state index contributed by atoms with van der Waals surface area (Å²) in [6, 6.07) is 0.929. The van der Waals surface area contributed by atoms with Crippen LogP contribution in [0.3, 0.4) is 0 Å². The van der Waals surface area contributed by atoms with Gasteiger partial charge in [-0.1, -0.05) is 24.6 Å². The zero-order valence-corrected chi connectivity index (χ0v) is 16.9. The first-order valence-electron chi connectivity index (χ1n) is 9.28. The Kier molecular flexibility index (Phi) is 5.13. The number of carbonyl (C=O) groups excluding carboxylic acids is 2.